The number of morpholine rings is 1. The first-order valence-electron chi connectivity index (χ1n) is 8.81. The van der Waals surface area contributed by atoms with Gasteiger partial charge in [-0.3, -0.25) is 14.9 Å². The largest absolute Gasteiger partial charge is 0.508 e. The number of nitro groups is 1. The van der Waals surface area contributed by atoms with Gasteiger partial charge in [-0.05, 0) is 42.0 Å². The second kappa shape index (κ2) is 8.86. The fourth-order valence-electron chi connectivity index (χ4n) is 2.91. The lowest BCUT2D eigenvalue weighted by Gasteiger charge is -2.28. The van der Waals surface area contributed by atoms with Crippen molar-refractivity contribution in [3.05, 3.63) is 63.7 Å². The van der Waals surface area contributed by atoms with Crippen LogP contribution in [0.4, 0.5) is 17.1 Å². The number of nitriles is 1. The van der Waals surface area contributed by atoms with Crippen molar-refractivity contribution < 1.29 is 19.6 Å². The first kappa shape index (κ1) is 19.9. The van der Waals surface area contributed by atoms with Crippen LogP contribution >= 0.6 is 0 Å². The zero-order valence-electron chi connectivity index (χ0n) is 15.4. The van der Waals surface area contributed by atoms with E-state index in [2.05, 4.69) is 5.32 Å². The SMILES string of the molecule is N#C/C(=C/c1ccc(N2CCOCC2)c([N+](=O)[O-])c1)C(=O)Nc1ccc(O)cc1. The van der Waals surface area contributed by atoms with Crippen LogP contribution in [0, 0.1) is 21.4 Å². The van der Waals surface area contributed by atoms with Gasteiger partial charge in [0.15, 0.2) is 0 Å². The van der Waals surface area contributed by atoms with Crippen LogP contribution in [0.2, 0.25) is 0 Å². The molecule has 0 atom stereocenters. The summed E-state index contributed by atoms with van der Waals surface area (Å²) in [5, 5.41) is 32.7. The number of benzene rings is 2. The highest BCUT2D eigenvalue weighted by Crippen LogP contribution is 2.30. The molecule has 2 aromatic carbocycles. The number of aromatic hydroxyl groups is 1. The second-order valence-corrected chi connectivity index (χ2v) is 6.28. The molecule has 0 aromatic heterocycles. The Bertz CT molecular complexity index is 989. The molecule has 0 radical (unpaired) electrons. The van der Waals surface area contributed by atoms with Gasteiger partial charge in [-0.15, -0.1) is 0 Å². The van der Waals surface area contributed by atoms with E-state index in [0.29, 0.717) is 43.2 Å². The average molecular weight is 394 g/mol. The van der Waals surface area contributed by atoms with E-state index in [4.69, 9.17) is 4.74 Å². The molecule has 29 heavy (non-hydrogen) atoms. The maximum Gasteiger partial charge on any atom is 0.293 e. The average Bonchev–Trinajstić information content (AvgIpc) is 2.74. The predicted molar refractivity (Wildman–Crippen MR) is 106 cm³/mol. The van der Waals surface area contributed by atoms with Gasteiger partial charge in [-0.25, -0.2) is 0 Å². The summed E-state index contributed by atoms with van der Waals surface area (Å²) in [4.78, 5) is 25.3. The zero-order chi connectivity index (χ0) is 20.8. The quantitative estimate of drug-likeness (QED) is 0.262. The number of nitro benzene ring substituents is 1. The summed E-state index contributed by atoms with van der Waals surface area (Å²) >= 11 is 0. The van der Waals surface area contributed by atoms with E-state index < -0.39 is 10.8 Å². The number of phenolic OH excluding ortho intramolecular Hbond substituents is 1. The lowest BCUT2D eigenvalue weighted by atomic mass is 10.1. The van der Waals surface area contributed by atoms with Crippen molar-refractivity contribution in [3.8, 4) is 11.8 Å². The molecule has 0 bridgehead atoms. The standard InChI is InChI=1S/C20H18N4O5/c21-13-15(20(26)22-16-2-4-17(25)5-3-16)11-14-1-6-18(19(12-14)24(27)28)23-7-9-29-10-8-23/h1-6,11-12,25H,7-10H2,(H,22,26)/b15-11-. The van der Waals surface area contributed by atoms with Gasteiger partial charge in [0.2, 0.25) is 0 Å². The van der Waals surface area contributed by atoms with E-state index in [0.717, 1.165) is 0 Å². The third kappa shape index (κ3) is 4.88. The molecule has 0 saturated carbocycles. The summed E-state index contributed by atoms with van der Waals surface area (Å²) in [5.74, 6) is -0.607. The third-order valence-corrected chi connectivity index (χ3v) is 4.35. The molecule has 0 spiro atoms. The van der Waals surface area contributed by atoms with E-state index >= 15 is 0 Å². The Morgan fingerprint density at radius 3 is 2.55 bits per heavy atom. The van der Waals surface area contributed by atoms with Gasteiger partial charge < -0.3 is 20.1 Å². The number of carbonyl (C=O) groups is 1. The van der Waals surface area contributed by atoms with E-state index in [-0.39, 0.29) is 17.0 Å². The number of nitrogens with zero attached hydrogens (tertiary/aromatic N) is 3. The Kier molecular flexibility index (Phi) is 6.06. The number of rotatable bonds is 5. The van der Waals surface area contributed by atoms with Gasteiger partial charge in [0.1, 0.15) is 23.1 Å². The molecule has 1 amide bonds. The van der Waals surface area contributed by atoms with Crippen molar-refractivity contribution in [1.82, 2.24) is 0 Å². The normalized spacial score (nSPS) is 14.2. The smallest absolute Gasteiger partial charge is 0.293 e. The molecule has 3 rings (SSSR count). The number of amides is 1. The minimum absolute atomic E-state index is 0.0479. The minimum Gasteiger partial charge on any atom is -0.508 e. The van der Waals surface area contributed by atoms with Gasteiger partial charge in [0.25, 0.3) is 11.6 Å². The third-order valence-electron chi connectivity index (χ3n) is 4.35. The van der Waals surface area contributed by atoms with Crippen LogP contribution in [0.5, 0.6) is 5.75 Å². The highest BCUT2D eigenvalue weighted by atomic mass is 16.6. The van der Waals surface area contributed by atoms with Crippen LogP contribution in [0.1, 0.15) is 5.56 Å². The topological polar surface area (TPSA) is 129 Å². The summed E-state index contributed by atoms with van der Waals surface area (Å²) in [6.45, 7) is 2.09. The number of nitrogens with one attached hydrogen (secondary N) is 1. The van der Waals surface area contributed by atoms with Crippen LogP contribution in [0.25, 0.3) is 6.08 Å². The Morgan fingerprint density at radius 2 is 1.93 bits per heavy atom. The molecule has 9 heteroatoms. The van der Waals surface area contributed by atoms with E-state index in [9.17, 15) is 25.3 Å². The summed E-state index contributed by atoms with van der Waals surface area (Å²) in [5.41, 5.74) is 0.944. The number of ether oxygens (including phenoxy) is 1. The van der Waals surface area contributed by atoms with Crippen LogP contribution in [0.3, 0.4) is 0 Å². The van der Waals surface area contributed by atoms with E-state index in [1.807, 2.05) is 11.0 Å². The van der Waals surface area contributed by atoms with Crippen LogP contribution in [-0.4, -0.2) is 42.2 Å². The van der Waals surface area contributed by atoms with Crippen molar-refractivity contribution >= 4 is 29.0 Å². The summed E-state index contributed by atoms with van der Waals surface area (Å²) < 4.78 is 5.28. The number of phenols is 1. The van der Waals surface area contributed by atoms with Crippen molar-refractivity contribution in [2.45, 2.75) is 0 Å². The number of hydrogen-bond donors (Lipinski definition) is 2. The molecule has 1 fully saturated rings. The Labute approximate surface area is 166 Å². The fourth-order valence-corrected chi connectivity index (χ4v) is 2.91. The summed E-state index contributed by atoms with van der Waals surface area (Å²) in [6, 6.07) is 12.2. The number of anilines is 2. The maximum atomic E-state index is 12.3. The zero-order valence-corrected chi connectivity index (χ0v) is 15.4. The van der Waals surface area contributed by atoms with Crippen molar-refractivity contribution in [3.63, 3.8) is 0 Å². The maximum absolute atomic E-state index is 12.3. The van der Waals surface area contributed by atoms with Crippen molar-refractivity contribution in [2.24, 2.45) is 0 Å². The molecule has 1 aliphatic rings. The van der Waals surface area contributed by atoms with Gasteiger partial charge in [0, 0.05) is 24.8 Å². The molecule has 2 N–H and O–H groups in total. The Hall–Kier alpha value is -3.90. The molecule has 2 aromatic rings. The number of carbonyl (C=O) groups excluding carboxylic acids is 1. The lowest BCUT2D eigenvalue weighted by Crippen LogP contribution is -2.36. The Balaban J connectivity index is 1.85. The fraction of sp³-hybridized carbons (Fsp3) is 0.200. The molecule has 1 saturated heterocycles. The highest BCUT2D eigenvalue weighted by Gasteiger charge is 2.22. The first-order valence-corrected chi connectivity index (χ1v) is 8.81. The monoisotopic (exact) mass is 394 g/mol. The molecule has 0 unspecified atom stereocenters. The molecule has 148 valence electrons. The van der Waals surface area contributed by atoms with Gasteiger partial charge in [-0.2, -0.15) is 5.26 Å². The van der Waals surface area contributed by atoms with Crippen LogP contribution in [0.15, 0.2) is 48.0 Å². The predicted octanol–water partition coefficient (Wildman–Crippen LogP) is 2.68. The second-order valence-electron chi connectivity index (χ2n) is 6.28. The summed E-state index contributed by atoms with van der Waals surface area (Å²) in [6.07, 6.45) is 1.30. The van der Waals surface area contributed by atoms with E-state index in [1.165, 1.54) is 36.4 Å². The molecule has 1 aliphatic heterocycles. The van der Waals surface area contributed by atoms with Gasteiger partial charge in [0.05, 0.1) is 18.1 Å². The highest BCUT2D eigenvalue weighted by molar-refractivity contribution is 6.09. The summed E-state index contributed by atoms with van der Waals surface area (Å²) in [7, 11) is 0. The molecule has 9 nitrogen and oxygen atoms in total. The molecular formula is C20H18N4O5. The first-order chi connectivity index (χ1) is 14.0. The number of hydrogen-bond acceptors (Lipinski definition) is 7. The van der Waals surface area contributed by atoms with Crippen molar-refractivity contribution in [2.75, 3.05) is 36.5 Å². The Morgan fingerprint density at radius 1 is 1.24 bits per heavy atom. The van der Waals surface area contributed by atoms with E-state index in [1.54, 1.807) is 12.1 Å². The lowest BCUT2D eigenvalue weighted by molar-refractivity contribution is -0.384. The van der Waals surface area contributed by atoms with Gasteiger partial charge >= 0.3 is 0 Å². The molecular weight excluding hydrogens is 376 g/mol. The van der Waals surface area contributed by atoms with Gasteiger partial charge in [-0.1, -0.05) is 6.07 Å². The molecule has 0 aliphatic carbocycles. The van der Waals surface area contributed by atoms with Crippen LogP contribution < -0.4 is 10.2 Å². The minimum atomic E-state index is -0.655. The van der Waals surface area contributed by atoms with Crippen molar-refractivity contribution in [1.29, 1.82) is 5.26 Å². The molecule has 1 heterocycles. The van der Waals surface area contributed by atoms with Crippen LogP contribution in [-0.2, 0) is 9.53 Å².